The van der Waals surface area contributed by atoms with Gasteiger partial charge >= 0.3 is 0 Å². The van der Waals surface area contributed by atoms with Crippen LogP contribution in [-0.4, -0.2) is 40.7 Å². The molecule has 0 amide bonds. The lowest BCUT2D eigenvalue weighted by Gasteiger charge is -2.43. The second kappa shape index (κ2) is 7.90. The highest BCUT2D eigenvalue weighted by Gasteiger charge is 2.36. The molecule has 0 spiro atoms. The van der Waals surface area contributed by atoms with Crippen LogP contribution in [0.4, 0.5) is 0 Å². The number of H-pyrrole nitrogens is 1. The zero-order valence-corrected chi connectivity index (χ0v) is 16.8. The van der Waals surface area contributed by atoms with Crippen LogP contribution in [0.2, 0.25) is 0 Å². The average Bonchev–Trinajstić information content (AvgIpc) is 3.11. The van der Waals surface area contributed by atoms with Gasteiger partial charge in [-0.1, -0.05) is 36.4 Å². The van der Waals surface area contributed by atoms with E-state index in [0.717, 1.165) is 37.8 Å². The lowest BCUT2D eigenvalue weighted by atomic mass is 9.75. The second-order valence-electron chi connectivity index (χ2n) is 7.93. The van der Waals surface area contributed by atoms with Crippen molar-refractivity contribution in [3.63, 3.8) is 0 Å². The number of nitrogens with zero attached hydrogens (tertiary/aromatic N) is 2. The van der Waals surface area contributed by atoms with Gasteiger partial charge in [0, 0.05) is 29.4 Å². The Balaban J connectivity index is 1.72. The highest BCUT2D eigenvalue weighted by molar-refractivity contribution is 5.87. The molecule has 3 aromatic rings. The van der Waals surface area contributed by atoms with Gasteiger partial charge in [0.2, 0.25) is 0 Å². The number of pyridine rings is 1. The number of hydrogen-bond acceptors (Lipinski definition) is 3. The van der Waals surface area contributed by atoms with Crippen LogP contribution in [0.3, 0.4) is 0 Å². The summed E-state index contributed by atoms with van der Waals surface area (Å²) >= 11 is 0. The van der Waals surface area contributed by atoms with Gasteiger partial charge in [0.1, 0.15) is 5.65 Å². The summed E-state index contributed by atoms with van der Waals surface area (Å²) in [6, 6.07) is 15.0. The fourth-order valence-electron chi connectivity index (χ4n) is 4.61. The van der Waals surface area contributed by atoms with Crippen molar-refractivity contribution in [1.29, 1.82) is 0 Å². The first kappa shape index (κ1) is 18.9. The largest absolute Gasteiger partial charge is 0.396 e. The van der Waals surface area contributed by atoms with Crippen LogP contribution < -0.4 is 0 Å². The standard InChI is InChI=1S/C24H29N3O/c1-27(2)24(19-8-4-3-5-9-19)14-12-18(13-15-24)22-20(11-7-17-28)21-10-6-16-25-23(21)26-22/h3-6,8-10,12,16,28H,7,11,13-15,17H2,1-2H3,(H,25,26). The zero-order chi connectivity index (χ0) is 19.6. The molecule has 28 heavy (non-hydrogen) atoms. The maximum Gasteiger partial charge on any atom is 0.137 e. The topological polar surface area (TPSA) is 52.2 Å². The van der Waals surface area contributed by atoms with Crippen LogP contribution in [0.1, 0.15) is 42.5 Å². The molecule has 2 N–H and O–H groups in total. The number of aryl methyl sites for hydroxylation is 1. The van der Waals surface area contributed by atoms with Crippen molar-refractivity contribution in [2.45, 2.75) is 37.6 Å². The molecular formula is C24H29N3O. The molecule has 0 aliphatic heterocycles. The van der Waals surface area contributed by atoms with Crippen LogP contribution in [0.15, 0.2) is 54.7 Å². The molecule has 0 bridgehead atoms. The number of aliphatic hydroxyl groups excluding tert-OH is 1. The van der Waals surface area contributed by atoms with Crippen LogP contribution in [0.5, 0.6) is 0 Å². The summed E-state index contributed by atoms with van der Waals surface area (Å²) in [7, 11) is 4.37. The van der Waals surface area contributed by atoms with Gasteiger partial charge in [0.15, 0.2) is 0 Å². The lowest BCUT2D eigenvalue weighted by Crippen LogP contribution is -2.42. The van der Waals surface area contributed by atoms with Gasteiger partial charge in [-0.05, 0) is 75.0 Å². The molecule has 2 aromatic heterocycles. The maximum atomic E-state index is 9.35. The van der Waals surface area contributed by atoms with E-state index in [1.165, 1.54) is 27.8 Å². The summed E-state index contributed by atoms with van der Waals surface area (Å²) in [5, 5.41) is 10.5. The molecule has 4 rings (SSSR count). The van der Waals surface area contributed by atoms with E-state index in [-0.39, 0.29) is 12.1 Å². The summed E-state index contributed by atoms with van der Waals surface area (Å²) in [5.41, 5.74) is 6.25. The van der Waals surface area contributed by atoms with Crippen LogP contribution in [0.25, 0.3) is 16.6 Å². The Kier molecular flexibility index (Phi) is 5.33. The van der Waals surface area contributed by atoms with E-state index in [9.17, 15) is 5.11 Å². The van der Waals surface area contributed by atoms with Crippen molar-refractivity contribution < 1.29 is 5.11 Å². The third-order valence-corrected chi connectivity index (χ3v) is 6.25. The van der Waals surface area contributed by atoms with Crippen LogP contribution >= 0.6 is 0 Å². The van der Waals surface area contributed by atoms with E-state index < -0.39 is 0 Å². The van der Waals surface area contributed by atoms with Gasteiger partial charge in [-0.15, -0.1) is 0 Å². The van der Waals surface area contributed by atoms with Gasteiger partial charge in [-0.25, -0.2) is 4.98 Å². The first-order chi connectivity index (χ1) is 13.7. The Hall–Kier alpha value is -2.43. The molecule has 0 radical (unpaired) electrons. The molecule has 0 saturated carbocycles. The molecule has 2 heterocycles. The van der Waals surface area contributed by atoms with Crippen molar-refractivity contribution in [3.05, 3.63) is 71.6 Å². The fraction of sp³-hybridized carbons (Fsp3) is 0.375. The number of rotatable bonds is 6. The van der Waals surface area contributed by atoms with Gasteiger partial charge in [0.25, 0.3) is 0 Å². The van der Waals surface area contributed by atoms with Crippen LogP contribution in [-0.2, 0) is 12.0 Å². The second-order valence-corrected chi connectivity index (χ2v) is 7.93. The molecule has 1 aromatic carbocycles. The fourth-order valence-corrected chi connectivity index (χ4v) is 4.61. The van der Waals surface area contributed by atoms with Gasteiger partial charge in [-0.2, -0.15) is 0 Å². The molecule has 4 heteroatoms. The van der Waals surface area contributed by atoms with Gasteiger partial charge in [0.05, 0.1) is 0 Å². The predicted molar refractivity (Wildman–Crippen MR) is 115 cm³/mol. The summed E-state index contributed by atoms with van der Waals surface area (Å²) in [6.45, 7) is 0.211. The summed E-state index contributed by atoms with van der Waals surface area (Å²) in [6.07, 6.45) is 8.97. The summed E-state index contributed by atoms with van der Waals surface area (Å²) < 4.78 is 0. The number of benzene rings is 1. The Bertz CT molecular complexity index is 974. The molecule has 1 unspecified atom stereocenters. The third kappa shape index (κ3) is 3.27. The molecule has 4 nitrogen and oxygen atoms in total. The quantitative estimate of drug-likeness (QED) is 0.666. The first-order valence-corrected chi connectivity index (χ1v) is 10.1. The smallest absolute Gasteiger partial charge is 0.137 e. The van der Waals surface area contributed by atoms with E-state index in [0.29, 0.717) is 0 Å². The van der Waals surface area contributed by atoms with Crippen molar-refractivity contribution >= 4 is 16.6 Å². The minimum absolute atomic E-state index is 0.0420. The number of hydrogen-bond donors (Lipinski definition) is 2. The summed E-state index contributed by atoms with van der Waals surface area (Å²) in [4.78, 5) is 10.5. The minimum Gasteiger partial charge on any atom is -0.396 e. The zero-order valence-electron chi connectivity index (χ0n) is 16.8. The van der Waals surface area contributed by atoms with Crippen molar-refractivity contribution in [2.24, 2.45) is 0 Å². The number of aromatic amines is 1. The minimum atomic E-state index is 0.0420. The van der Waals surface area contributed by atoms with Gasteiger partial charge < -0.3 is 10.1 Å². The van der Waals surface area contributed by atoms with Crippen LogP contribution in [0, 0.1) is 0 Å². The predicted octanol–water partition coefficient (Wildman–Crippen LogP) is 4.51. The van der Waals surface area contributed by atoms with Gasteiger partial charge in [-0.3, -0.25) is 4.90 Å². The lowest BCUT2D eigenvalue weighted by molar-refractivity contribution is 0.138. The number of aromatic nitrogens is 2. The molecular weight excluding hydrogens is 346 g/mol. The molecule has 0 saturated heterocycles. The van der Waals surface area contributed by atoms with E-state index in [4.69, 9.17) is 0 Å². The molecule has 1 atom stereocenters. The highest BCUT2D eigenvalue weighted by Crippen LogP contribution is 2.43. The maximum absolute atomic E-state index is 9.35. The Labute approximate surface area is 166 Å². The van der Waals surface area contributed by atoms with E-state index >= 15 is 0 Å². The van der Waals surface area contributed by atoms with Crippen molar-refractivity contribution in [3.8, 4) is 0 Å². The average molecular weight is 376 g/mol. The number of nitrogens with one attached hydrogen (secondary N) is 1. The molecule has 146 valence electrons. The first-order valence-electron chi connectivity index (χ1n) is 10.1. The number of fused-ring (bicyclic) bond motifs is 1. The molecule has 1 aliphatic rings. The van der Waals surface area contributed by atoms with Crippen molar-refractivity contribution in [1.82, 2.24) is 14.9 Å². The monoisotopic (exact) mass is 375 g/mol. The molecule has 1 aliphatic carbocycles. The van der Waals surface area contributed by atoms with E-state index in [2.05, 4.69) is 71.4 Å². The summed E-state index contributed by atoms with van der Waals surface area (Å²) in [5.74, 6) is 0. The van der Waals surface area contributed by atoms with E-state index in [1.807, 2.05) is 12.3 Å². The van der Waals surface area contributed by atoms with E-state index in [1.54, 1.807) is 0 Å². The Morgan fingerprint density at radius 1 is 1.14 bits per heavy atom. The highest BCUT2D eigenvalue weighted by atomic mass is 16.2. The van der Waals surface area contributed by atoms with Crippen molar-refractivity contribution in [2.75, 3.05) is 20.7 Å². The Morgan fingerprint density at radius 2 is 1.96 bits per heavy atom. The number of aliphatic hydroxyl groups is 1. The third-order valence-electron chi connectivity index (χ3n) is 6.25. The Morgan fingerprint density at radius 3 is 2.64 bits per heavy atom. The number of allylic oxidation sites excluding steroid dienone is 1. The SMILES string of the molecule is CN(C)C1(c2ccccc2)CC=C(c2[nH]c3ncccc3c2CCCO)CC1. The molecule has 0 fully saturated rings. The normalized spacial score (nSPS) is 19.9.